The molecular formula is C24H31Cl2N5OS2. The van der Waals surface area contributed by atoms with Crippen molar-refractivity contribution in [3.8, 4) is 0 Å². The number of rotatable bonds is 3. The number of hydrogen-bond acceptors (Lipinski definition) is 7. The lowest BCUT2D eigenvalue weighted by Crippen LogP contribution is -2.41. The molecule has 1 spiro atoms. The highest BCUT2D eigenvalue weighted by Gasteiger charge is 2.38. The van der Waals surface area contributed by atoms with E-state index in [4.69, 9.17) is 38.1 Å². The van der Waals surface area contributed by atoms with Gasteiger partial charge >= 0.3 is 0 Å². The van der Waals surface area contributed by atoms with Gasteiger partial charge in [-0.05, 0) is 57.6 Å². The molecule has 2 aromatic heterocycles. The second-order valence-corrected chi connectivity index (χ2v) is 13.1. The standard InChI is InChI=1S/C20H20Cl2N4OS.C4H11NS/c21-14-2-1-3-16(18(14)22)28-17-11-24-19(15-10-23-13-26(15)17)25-7-4-20(5-8-25)6-9-27-12-20;1-4(2,3)6-5/h1-3,10-11,13H,4-9,12H2;5H2,1-3H3. The highest BCUT2D eigenvalue weighted by atomic mass is 35.5. The Morgan fingerprint density at radius 2 is 1.85 bits per heavy atom. The van der Waals surface area contributed by atoms with Gasteiger partial charge in [-0.25, -0.2) is 9.97 Å². The van der Waals surface area contributed by atoms with Gasteiger partial charge in [0.25, 0.3) is 0 Å². The Kier molecular flexibility index (Phi) is 8.27. The fourth-order valence-electron chi connectivity index (χ4n) is 4.11. The highest BCUT2D eigenvalue weighted by Crippen LogP contribution is 2.41. The second kappa shape index (κ2) is 10.8. The Labute approximate surface area is 220 Å². The molecule has 0 amide bonds. The van der Waals surface area contributed by atoms with E-state index in [0.717, 1.165) is 60.4 Å². The fraction of sp³-hybridized carbons (Fsp3) is 0.500. The molecule has 2 fully saturated rings. The first-order valence-corrected chi connectivity index (χ1v) is 13.8. The Balaban J connectivity index is 0.000000408. The van der Waals surface area contributed by atoms with E-state index in [1.165, 1.54) is 18.4 Å². The van der Waals surface area contributed by atoms with E-state index < -0.39 is 0 Å². The van der Waals surface area contributed by atoms with Crippen molar-refractivity contribution in [3.05, 3.63) is 47.0 Å². The van der Waals surface area contributed by atoms with E-state index in [-0.39, 0.29) is 4.75 Å². The summed E-state index contributed by atoms with van der Waals surface area (Å²) >= 11 is 15.4. The first-order valence-electron chi connectivity index (χ1n) is 11.3. The van der Waals surface area contributed by atoms with Crippen LogP contribution in [-0.2, 0) is 4.74 Å². The van der Waals surface area contributed by atoms with Crippen molar-refractivity contribution in [2.75, 3.05) is 31.2 Å². The van der Waals surface area contributed by atoms with Gasteiger partial charge < -0.3 is 9.64 Å². The molecule has 6 nitrogen and oxygen atoms in total. The molecule has 0 saturated carbocycles. The van der Waals surface area contributed by atoms with Gasteiger partial charge in [0.1, 0.15) is 16.9 Å². The molecule has 2 aliphatic rings. The Hall–Kier alpha value is -1.16. The van der Waals surface area contributed by atoms with Crippen LogP contribution in [0, 0.1) is 5.41 Å². The van der Waals surface area contributed by atoms with Crippen LogP contribution in [0.5, 0.6) is 0 Å². The first kappa shape index (κ1) is 25.9. The second-order valence-electron chi connectivity index (χ2n) is 9.74. The number of nitrogens with two attached hydrogens (primary N) is 1. The number of hydrogen-bond donors (Lipinski definition) is 1. The van der Waals surface area contributed by atoms with Crippen LogP contribution in [-0.4, -0.2) is 45.4 Å². The third-order valence-corrected chi connectivity index (χ3v) is 8.90. The van der Waals surface area contributed by atoms with Crippen molar-refractivity contribution in [3.63, 3.8) is 0 Å². The number of aromatic nitrogens is 3. The molecule has 2 N–H and O–H groups in total. The van der Waals surface area contributed by atoms with E-state index >= 15 is 0 Å². The molecule has 5 rings (SSSR count). The predicted octanol–water partition coefficient (Wildman–Crippen LogP) is 6.59. The van der Waals surface area contributed by atoms with Crippen LogP contribution in [0.25, 0.3) is 5.52 Å². The van der Waals surface area contributed by atoms with Crippen LogP contribution in [0.3, 0.4) is 0 Å². The van der Waals surface area contributed by atoms with E-state index in [0.29, 0.717) is 15.5 Å². The molecular weight excluding hydrogens is 509 g/mol. The number of nitrogens with zero attached hydrogens (tertiary/aromatic N) is 4. The van der Waals surface area contributed by atoms with Crippen LogP contribution < -0.4 is 10.0 Å². The quantitative estimate of drug-likeness (QED) is 0.376. The smallest absolute Gasteiger partial charge is 0.154 e. The van der Waals surface area contributed by atoms with Gasteiger partial charge in [-0.2, -0.15) is 0 Å². The topological polar surface area (TPSA) is 68.7 Å². The van der Waals surface area contributed by atoms with Gasteiger partial charge in [-0.3, -0.25) is 9.54 Å². The number of halogens is 2. The number of anilines is 1. The van der Waals surface area contributed by atoms with Crippen LogP contribution in [0.2, 0.25) is 10.0 Å². The molecule has 0 aliphatic carbocycles. The molecule has 184 valence electrons. The summed E-state index contributed by atoms with van der Waals surface area (Å²) in [5, 5.41) is 7.29. The molecule has 10 heteroatoms. The number of piperidine rings is 1. The van der Waals surface area contributed by atoms with Crippen molar-refractivity contribution < 1.29 is 4.74 Å². The average molecular weight is 541 g/mol. The maximum absolute atomic E-state index is 6.36. The number of imidazole rings is 1. The molecule has 34 heavy (non-hydrogen) atoms. The number of benzene rings is 1. The minimum atomic E-state index is 0.236. The van der Waals surface area contributed by atoms with Crippen LogP contribution in [0.4, 0.5) is 5.82 Å². The van der Waals surface area contributed by atoms with Crippen molar-refractivity contribution in [1.82, 2.24) is 14.4 Å². The summed E-state index contributed by atoms with van der Waals surface area (Å²) in [5.74, 6) is 0.993. The predicted molar refractivity (Wildman–Crippen MR) is 144 cm³/mol. The molecule has 0 bridgehead atoms. The summed E-state index contributed by atoms with van der Waals surface area (Å²) in [6.07, 6.45) is 9.11. The minimum absolute atomic E-state index is 0.236. The third-order valence-electron chi connectivity index (χ3n) is 6.20. The van der Waals surface area contributed by atoms with Gasteiger partial charge in [0.2, 0.25) is 0 Å². The Bertz CT molecular complexity index is 1120. The molecule has 1 aromatic carbocycles. The summed E-state index contributed by atoms with van der Waals surface area (Å²) in [7, 11) is 0. The molecule has 2 aliphatic heterocycles. The normalized spacial score (nSPS) is 17.8. The van der Waals surface area contributed by atoms with Crippen molar-refractivity contribution in [2.45, 2.75) is 54.7 Å². The Morgan fingerprint density at radius 3 is 2.50 bits per heavy atom. The molecule has 4 heterocycles. The van der Waals surface area contributed by atoms with Crippen molar-refractivity contribution in [2.24, 2.45) is 10.6 Å². The van der Waals surface area contributed by atoms with E-state index in [1.54, 1.807) is 17.8 Å². The van der Waals surface area contributed by atoms with Gasteiger partial charge in [-0.1, -0.05) is 53.0 Å². The number of ether oxygens (including phenoxy) is 1. The van der Waals surface area contributed by atoms with Gasteiger partial charge in [0.15, 0.2) is 5.82 Å². The summed E-state index contributed by atoms with van der Waals surface area (Å²) in [5.41, 5.74) is 1.40. The summed E-state index contributed by atoms with van der Waals surface area (Å²) in [6, 6.07) is 5.66. The van der Waals surface area contributed by atoms with E-state index in [1.807, 2.05) is 30.9 Å². The lowest BCUT2D eigenvalue weighted by atomic mass is 9.78. The fourth-order valence-corrected chi connectivity index (χ4v) is 5.51. The van der Waals surface area contributed by atoms with Crippen molar-refractivity contribution in [1.29, 1.82) is 0 Å². The van der Waals surface area contributed by atoms with E-state index in [9.17, 15) is 0 Å². The zero-order valence-corrected chi connectivity index (χ0v) is 22.9. The highest BCUT2D eigenvalue weighted by molar-refractivity contribution is 7.99. The van der Waals surface area contributed by atoms with Crippen LogP contribution in [0.1, 0.15) is 40.0 Å². The number of fused-ring (bicyclic) bond motifs is 1. The average Bonchev–Trinajstić information content (AvgIpc) is 3.48. The zero-order valence-electron chi connectivity index (χ0n) is 19.8. The Morgan fingerprint density at radius 1 is 1.12 bits per heavy atom. The monoisotopic (exact) mass is 539 g/mol. The van der Waals surface area contributed by atoms with Crippen molar-refractivity contribution >= 4 is 58.2 Å². The van der Waals surface area contributed by atoms with Gasteiger partial charge in [-0.15, -0.1) is 0 Å². The zero-order chi connectivity index (χ0) is 24.3. The molecule has 2 saturated heterocycles. The maximum Gasteiger partial charge on any atom is 0.154 e. The van der Waals surface area contributed by atoms with Crippen LogP contribution >= 0.6 is 46.9 Å². The first-order chi connectivity index (χ1) is 16.2. The van der Waals surface area contributed by atoms with Crippen LogP contribution in [0.15, 0.2) is 46.8 Å². The summed E-state index contributed by atoms with van der Waals surface area (Å²) < 4.78 is 7.97. The minimum Gasteiger partial charge on any atom is -0.381 e. The molecule has 3 aromatic rings. The lowest BCUT2D eigenvalue weighted by molar-refractivity contribution is 0.133. The molecule has 0 unspecified atom stereocenters. The molecule has 0 radical (unpaired) electrons. The lowest BCUT2D eigenvalue weighted by Gasteiger charge is -2.39. The molecule has 0 atom stereocenters. The van der Waals surface area contributed by atoms with Gasteiger partial charge in [0, 0.05) is 29.3 Å². The van der Waals surface area contributed by atoms with E-state index in [2.05, 4.69) is 35.1 Å². The van der Waals surface area contributed by atoms with Gasteiger partial charge in [0.05, 0.1) is 29.0 Å². The summed E-state index contributed by atoms with van der Waals surface area (Å²) in [6.45, 7) is 10.1. The largest absolute Gasteiger partial charge is 0.381 e. The SMILES string of the molecule is CC(C)(C)SN.Clc1cccc(Sc2cnc(N3CCC4(CCOC4)CC3)c3cncn23)c1Cl. The maximum atomic E-state index is 6.36. The summed E-state index contributed by atoms with van der Waals surface area (Å²) in [4.78, 5) is 12.5. The third kappa shape index (κ3) is 5.97.